The first-order chi connectivity index (χ1) is 11.2. The van der Waals surface area contributed by atoms with Crippen molar-refractivity contribution < 1.29 is 19.4 Å². The summed E-state index contributed by atoms with van der Waals surface area (Å²) in [5, 5.41) is 12.7. The van der Waals surface area contributed by atoms with Gasteiger partial charge in [-0.3, -0.25) is 4.79 Å². The Kier molecular flexibility index (Phi) is 8.74. The summed E-state index contributed by atoms with van der Waals surface area (Å²) >= 11 is 0. The Morgan fingerprint density at radius 3 is 2.42 bits per heavy atom. The largest absolute Gasteiger partial charge is 0.444 e. The highest BCUT2D eigenvalue weighted by Crippen LogP contribution is 2.28. The zero-order chi connectivity index (χ0) is 18.2. The molecule has 0 saturated heterocycles. The van der Waals surface area contributed by atoms with Crippen molar-refractivity contribution in [2.75, 3.05) is 6.54 Å². The monoisotopic (exact) mass is 341 g/mol. The number of ether oxygens (including phenoxy) is 1. The number of nitrogens with one attached hydrogen (secondary N) is 1. The van der Waals surface area contributed by atoms with Crippen LogP contribution in [0.5, 0.6) is 0 Å². The molecular weight excluding hydrogens is 306 g/mol. The lowest BCUT2D eigenvalue weighted by atomic mass is 9.85. The lowest BCUT2D eigenvalue weighted by molar-refractivity contribution is -0.124. The van der Waals surface area contributed by atoms with Crippen molar-refractivity contribution in [3.05, 3.63) is 0 Å². The van der Waals surface area contributed by atoms with Crippen LogP contribution in [0.2, 0.25) is 0 Å². The van der Waals surface area contributed by atoms with Crippen LogP contribution in [0.25, 0.3) is 0 Å². The van der Waals surface area contributed by atoms with E-state index >= 15 is 0 Å². The summed E-state index contributed by atoms with van der Waals surface area (Å²) in [5.41, 5.74) is -0.549. The molecule has 5 heteroatoms. The minimum atomic E-state index is -0.566. The summed E-state index contributed by atoms with van der Waals surface area (Å²) in [7, 11) is 0. The van der Waals surface area contributed by atoms with Crippen molar-refractivity contribution in [1.82, 2.24) is 5.32 Å². The Bertz CT molecular complexity index is 397. The summed E-state index contributed by atoms with van der Waals surface area (Å²) < 4.78 is 5.14. The first-order valence-electron chi connectivity index (χ1n) is 9.35. The van der Waals surface area contributed by atoms with E-state index < -0.39 is 17.8 Å². The number of amides is 1. The van der Waals surface area contributed by atoms with Crippen LogP contribution in [0.15, 0.2) is 0 Å². The van der Waals surface area contributed by atoms with Gasteiger partial charge in [0, 0.05) is 18.9 Å². The van der Waals surface area contributed by atoms with Crippen molar-refractivity contribution in [2.45, 2.75) is 90.8 Å². The number of aliphatic hydroxyl groups is 1. The van der Waals surface area contributed by atoms with E-state index in [0.717, 1.165) is 12.3 Å². The van der Waals surface area contributed by atoms with Crippen LogP contribution in [0.4, 0.5) is 4.79 Å². The van der Waals surface area contributed by atoms with Gasteiger partial charge in [-0.05, 0) is 39.5 Å². The van der Waals surface area contributed by atoms with E-state index in [0.29, 0.717) is 6.42 Å². The zero-order valence-corrected chi connectivity index (χ0v) is 15.8. The summed E-state index contributed by atoms with van der Waals surface area (Å²) in [6.45, 7) is 7.40. The fraction of sp³-hybridized carbons (Fsp3) is 0.895. The van der Waals surface area contributed by atoms with Crippen LogP contribution in [0.1, 0.15) is 79.1 Å². The van der Waals surface area contributed by atoms with Gasteiger partial charge >= 0.3 is 6.09 Å². The lowest BCUT2D eigenvalue weighted by Crippen LogP contribution is -2.36. The van der Waals surface area contributed by atoms with Gasteiger partial charge in [-0.2, -0.15) is 0 Å². The molecular formula is C19H35NO4. The van der Waals surface area contributed by atoms with E-state index in [4.69, 9.17) is 4.74 Å². The number of hydrogen-bond donors (Lipinski definition) is 2. The standard InChI is InChI=1S/C19H35NO4/c1-14(13-20-18(23)24-19(2,3)4)17(22)12-16(21)11-10-15-8-6-5-7-9-15/h14-16,21H,5-13H2,1-4H3,(H,20,23)/t14-,16-/m0/s1. The number of ketones is 1. The molecule has 1 fully saturated rings. The maximum absolute atomic E-state index is 12.2. The smallest absolute Gasteiger partial charge is 0.407 e. The first kappa shape index (κ1) is 20.9. The van der Waals surface area contributed by atoms with Crippen LogP contribution < -0.4 is 5.32 Å². The van der Waals surface area contributed by atoms with E-state index in [9.17, 15) is 14.7 Å². The molecule has 0 unspecified atom stereocenters. The molecule has 1 rings (SSSR count). The van der Waals surface area contributed by atoms with Crippen molar-refractivity contribution >= 4 is 11.9 Å². The van der Waals surface area contributed by atoms with Crippen LogP contribution >= 0.6 is 0 Å². The van der Waals surface area contributed by atoms with Crippen molar-refractivity contribution in [2.24, 2.45) is 11.8 Å². The maximum atomic E-state index is 12.2. The Morgan fingerprint density at radius 2 is 1.83 bits per heavy atom. The molecule has 0 aliphatic heterocycles. The number of alkyl carbamates (subject to hydrolysis) is 1. The molecule has 0 aromatic rings. The number of carbonyl (C=O) groups is 2. The topological polar surface area (TPSA) is 75.6 Å². The molecule has 5 nitrogen and oxygen atoms in total. The molecule has 1 amide bonds. The van der Waals surface area contributed by atoms with E-state index in [1.165, 1.54) is 32.1 Å². The molecule has 2 N–H and O–H groups in total. The van der Waals surface area contributed by atoms with Gasteiger partial charge in [-0.15, -0.1) is 0 Å². The fourth-order valence-electron chi connectivity index (χ4n) is 3.10. The van der Waals surface area contributed by atoms with Crippen molar-refractivity contribution in [3.8, 4) is 0 Å². The zero-order valence-electron chi connectivity index (χ0n) is 15.8. The maximum Gasteiger partial charge on any atom is 0.407 e. The molecule has 1 saturated carbocycles. The van der Waals surface area contributed by atoms with Crippen molar-refractivity contribution in [1.29, 1.82) is 0 Å². The van der Waals surface area contributed by atoms with Gasteiger partial charge in [0.15, 0.2) is 0 Å². The molecule has 140 valence electrons. The Hall–Kier alpha value is -1.10. The number of Topliss-reactive ketones (excluding diaryl/α,β-unsaturated/α-hetero) is 1. The summed E-state index contributed by atoms with van der Waals surface area (Å²) in [6, 6.07) is 0. The minimum Gasteiger partial charge on any atom is -0.444 e. The van der Waals surface area contributed by atoms with Crippen molar-refractivity contribution in [3.63, 3.8) is 0 Å². The van der Waals surface area contributed by atoms with Gasteiger partial charge in [0.25, 0.3) is 0 Å². The normalized spacial score (nSPS) is 18.7. The van der Waals surface area contributed by atoms with Crippen LogP contribution in [0, 0.1) is 11.8 Å². The second-order valence-corrected chi connectivity index (χ2v) is 8.19. The summed E-state index contributed by atoms with van der Waals surface area (Å²) in [5.74, 6) is 0.388. The molecule has 0 aromatic carbocycles. The third kappa shape index (κ3) is 9.26. The average Bonchev–Trinajstić information content (AvgIpc) is 2.50. The third-order valence-corrected chi connectivity index (χ3v) is 4.57. The van der Waals surface area contributed by atoms with Gasteiger partial charge in [-0.25, -0.2) is 4.79 Å². The summed E-state index contributed by atoms with van der Waals surface area (Å²) in [4.78, 5) is 23.7. The second-order valence-electron chi connectivity index (χ2n) is 8.19. The molecule has 0 radical (unpaired) electrons. The minimum absolute atomic E-state index is 0.0118. The predicted octanol–water partition coefficient (Wildman–Crippen LogP) is 3.83. The Balaban J connectivity index is 2.21. The highest BCUT2D eigenvalue weighted by atomic mass is 16.6. The molecule has 2 atom stereocenters. The number of carbonyl (C=O) groups excluding carboxylic acids is 2. The molecule has 0 bridgehead atoms. The van der Waals surface area contributed by atoms with Gasteiger partial charge in [0.1, 0.15) is 11.4 Å². The molecule has 0 heterocycles. The second kappa shape index (κ2) is 10.0. The first-order valence-corrected chi connectivity index (χ1v) is 9.35. The highest BCUT2D eigenvalue weighted by Gasteiger charge is 2.21. The number of hydrogen-bond acceptors (Lipinski definition) is 4. The molecule has 24 heavy (non-hydrogen) atoms. The quantitative estimate of drug-likeness (QED) is 0.703. The van der Waals surface area contributed by atoms with Gasteiger partial charge in [0.2, 0.25) is 0 Å². The molecule has 1 aliphatic carbocycles. The Morgan fingerprint density at radius 1 is 1.21 bits per heavy atom. The highest BCUT2D eigenvalue weighted by molar-refractivity contribution is 5.81. The molecule has 1 aliphatic rings. The van der Waals surface area contributed by atoms with Crippen LogP contribution in [0.3, 0.4) is 0 Å². The summed E-state index contributed by atoms with van der Waals surface area (Å²) in [6.07, 6.45) is 7.25. The molecule has 0 spiro atoms. The van der Waals surface area contributed by atoms with Crippen LogP contribution in [-0.4, -0.2) is 35.2 Å². The Labute approximate surface area is 146 Å². The molecule has 0 aromatic heterocycles. The van der Waals surface area contributed by atoms with E-state index in [1.807, 2.05) is 0 Å². The third-order valence-electron chi connectivity index (χ3n) is 4.57. The average molecular weight is 341 g/mol. The lowest BCUT2D eigenvalue weighted by Gasteiger charge is -2.23. The van der Waals surface area contributed by atoms with E-state index in [-0.39, 0.29) is 24.7 Å². The SMILES string of the molecule is C[C@@H](CNC(=O)OC(C)(C)C)C(=O)C[C@@H](O)CCC1CCCCC1. The predicted molar refractivity (Wildman–Crippen MR) is 94.8 cm³/mol. The fourth-order valence-corrected chi connectivity index (χ4v) is 3.10. The van der Waals surface area contributed by atoms with Gasteiger partial charge in [-0.1, -0.05) is 39.0 Å². The number of rotatable bonds is 8. The van der Waals surface area contributed by atoms with Gasteiger partial charge in [0.05, 0.1) is 6.10 Å². The van der Waals surface area contributed by atoms with E-state index in [1.54, 1.807) is 27.7 Å². The van der Waals surface area contributed by atoms with Crippen LogP contribution in [-0.2, 0) is 9.53 Å². The van der Waals surface area contributed by atoms with E-state index in [2.05, 4.69) is 5.32 Å². The van der Waals surface area contributed by atoms with Gasteiger partial charge < -0.3 is 15.2 Å². The number of aliphatic hydroxyl groups excluding tert-OH is 1.